The monoisotopic (exact) mass is 286 g/mol. The number of aromatic nitrogens is 3. The summed E-state index contributed by atoms with van der Waals surface area (Å²) in [6, 6.07) is 11.4. The van der Waals surface area contributed by atoms with Crippen LogP contribution in [0.4, 0.5) is 5.95 Å². The van der Waals surface area contributed by atoms with E-state index in [1.165, 1.54) is 12.7 Å². The van der Waals surface area contributed by atoms with E-state index < -0.39 is 0 Å². The van der Waals surface area contributed by atoms with Gasteiger partial charge >= 0.3 is 0 Å². The topological polar surface area (TPSA) is 63.8 Å². The van der Waals surface area contributed by atoms with Crippen molar-refractivity contribution < 1.29 is 4.42 Å². The first-order valence-corrected chi connectivity index (χ1v) is 6.39. The highest BCUT2D eigenvalue weighted by molar-refractivity contribution is 6.30. The summed E-state index contributed by atoms with van der Waals surface area (Å²) in [6.45, 7) is 0.505. The zero-order chi connectivity index (χ0) is 13.8. The van der Waals surface area contributed by atoms with Crippen molar-refractivity contribution >= 4 is 17.5 Å². The highest BCUT2D eigenvalue weighted by Gasteiger charge is 2.05. The number of anilines is 1. The zero-order valence-corrected chi connectivity index (χ0v) is 11.2. The minimum absolute atomic E-state index is 0.505. The largest absolute Gasteiger partial charge is 0.459 e. The standard InChI is InChI=1S/C14H11ClN4O/c15-11-3-1-2-10(6-11)13-5-4-12(20-13)7-17-14-18-8-16-9-19-14/h1-6,8-9H,7H2,(H,16,17,18,19). The normalized spacial score (nSPS) is 10.4. The fourth-order valence-electron chi connectivity index (χ4n) is 1.77. The minimum Gasteiger partial charge on any atom is -0.459 e. The third-order valence-electron chi connectivity index (χ3n) is 2.68. The number of nitrogens with zero attached hydrogens (tertiary/aromatic N) is 3. The smallest absolute Gasteiger partial charge is 0.226 e. The number of benzene rings is 1. The van der Waals surface area contributed by atoms with Crippen molar-refractivity contribution in [2.24, 2.45) is 0 Å². The maximum Gasteiger partial charge on any atom is 0.226 e. The second-order valence-electron chi connectivity index (χ2n) is 4.09. The Morgan fingerprint density at radius 3 is 2.75 bits per heavy atom. The van der Waals surface area contributed by atoms with Crippen LogP contribution >= 0.6 is 11.6 Å². The Labute approximate surface area is 120 Å². The summed E-state index contributed by atoms with van der Waals surface area (Å²) >= 11 is 5.97. The van der Waals surface area contributed by atoms with Crippen LogP contribution in [0, 0.1) is 0 Å². The van der Waals surface area contributed by atoms with Gasteiger partial charge in [-0.05, 0) is 24.3 Å². The SMILES string of the molecule is Clc1cccc(-c2ccc(CNc3ncncn3)o2)c1. The van der Waals surface area contributed by atoms with E-state index in [1.807, 2.05) is 36.4 Å². The van der Waals surface area contributed by atoms with Gasteiger partial charge in [-0.3, -0.25) is 0 Å². The molecule has 0 radical (unpaired) electrons. The van der Waals surface area contributed by atoms with Crippen LogP contribution in [0.1, 0.15) is 5.76 Å². The van der Waals surface area contributed by atoms with E-state index in [0.717, 1.165) is 17.1 Å². The van der Waals surface area contributed by atoms with Crippen molar-refractivity contribution in [3.63, 3.8) is 0 Å². The lowest BCUT2D eigenvalue weighted by molar-refractivity contribution is 0.530. The van der Waals surface area contributed by atoms with Crippen LogP contribution in [-0.4, -0.2) is 15.0 Å². The van der Waals surface area contributed by atoms with Gasteiger partial charge in [-0.2, -0.15) is 0 Å². The summed E-state index contributed by atoms with van der Waals surface area (Å²) in [6.07, 6.45) is 2.88. The third kappa shape index (κ3) is 2.95. The molecule has 0 atom stereocenters. The first-order chi connectivity index (χ1) is 9.81. The highest BCUT2D eigenvalue weighted by atomic mass is 35.5. The van der Waals surface area contributed by atoms with Gasteiger partial charge in [0, 0.05) is 10.6 Å². The lowest BCUT2D eigenvalue weighted by Gasteiger charge is -2.01. The second-order valence-corrected chi connectivity index (χ2v) is 4.53. The number of nitrogens with one attached hydrogen (secondary N) is 1. The molecule has 2 aromatic heterocycles. The Balaban J connectivity index is 1.71. The average Bonchev–Trinajstić information content (AvgIpc) is 2.95. The van der Waals surface area contributed by atoms with Crippen molar-refractivity contribution in [2.45, 2.75) is 6.54 Å². The molecule has 0 bridgehead atoms. The molecule has 1 aromatic carbocycles. The number of furan rings is 1. The minimum atomic E-state index is 0.505. The zero-order valence-electron chi connectivity index (χ0n) is 10.5. The van der Waals surface area contributed by atoms with E-state index in [0.29, 0.717) is 17.5 Å². The molecule has 100 valence electrons. The third-order valence-corrected chi connectivity index (χ3v) is 2.92. The maximum absolute atomic E-state index is 5.97. The Bertz CT molecular complexity index is 699. The summed E-state index contributed by atoms with van der Waals surface area (Å²) in [7, 11) is 0. The molecular weight excluding hydrogens is 276 g/mol. The van der Waals surface area contributed by atoms with Crippen molar-refractivity contribution in [1.29, 1.82) is 0 Å². The molecule has 6 heteroatoms. The van der Waals surface area contributed by atoms with Gasteiger partial charge in [0.2, 0.25) is 5.95 Å². The Morgan fingerprint density at radius 2 is 1.95 bits per heavy atom. The van der Waals surface area contributed by atoms with Crippen LogP contribution in [-0.2, 0) is 6.54 Å². The van der Waals surface area contributed by atoms with Gasteiger partial charge in [0.05, 0.1) is 6.54 Å². The van der Waals surface area contributed by atoms with Crippen molar-refractivity contribution in [3.8, 4) is 11.3 Å². The molecule has 1 N–H and O–H groups in total. The molecule has 0 aliphatic heterocycles. The number of rotatable bonds is 4. The number of hydrogen-bond donors (Lipinski definition) is 1. The molecule has 3 rings (SSSR count). The molecule has 5 nitrogen and oxygen atoms in total. The summed E-state index contributed by atoms with van der Waals surface area (Å²) in [5, 5.41) is 3.74. The fraction of sp³-hybridized carbons (Fsp3) is 0.0714. The number of halogens is 1. The lowest BCUT2D eigenvalue weighted by Crippen LogP contribution is -2.02. The Morgan fingerprint density at radius 1 is 1.10 bits per heavy atom. The van der Waals surface area contributed by atoms with Gasteiger partial charge in [-0.15, -0.1) is 0 Å². The van der Waals surface area contributed by atoms with Crippen LogP contribution in [0.3, 0.4) is 0 Å². The quantitative estimate of drug-likeness (QED) is 0.796. The van der Waals surface area contributed by atoms with E-state index in [2.05, 4.69) is 20.3 Å². The molecule has 0 spiro atoms. The Hall–Kier alpha value is -2.40. The van der Waals surface area contributed by atoms with E-state index in [9.17, 15) is 0 Å². The van der Waals surface area contributed by atoms with Crippen molar-refractivity contribution in [1.82, 2.24) is 15.0 Å². The van der Waals surface area contributed by atoms with Gasteiger partial charge in [0.1, 0.15) is 24.2 Å². The molecule has 3 aromatic rings. The van der Waals surface area contributed by atoms with E-state index in [4.69, 9.17) is 16.0 Å². The molecule has 0 amide bonds. The van der Waals surface area contributed by atoms with Gasteiger partial charge in [0.25, 0.3) is 0 Å². The number of hydrogen-bond acceptors (Lipinski definition) is 5. The molecule has 20 heavy (non-hydrogen) atoms. The molecule has 0 aliphatic carbocycles. The van der Waals surface area contributed by atoms with E-state index >= 15 is 0 Å². The predicted octanol–water partition coefficient (Wildman–Crippen LogP) is 3.40. The van der Waals surface area contributed by atoms with E-state index in [-0.39, 0.29) is 0 Å². The predicted molar refractivity (Wildman–Crippen MR) is 76.3 cm³/mol. The molecule has 0 saturated carbocycles. The molecule has 0 aliphatic rings. The fourth-order valence-corrected chi connectivity index (χ4v) is 1.96. The highest BCUT2D eigenvalue weighted by Crippen LogP contribution is 2.24. The van der Waals surface area contributed by atoms with Gasteiger partial charge < -0.3 is 9.73 Å². The molecule has 0 unspecified atom stereocenters. The van der Waals surface area contributed by atoms with Gasteiger partial charge in [0.15, 0.2) is 0 Å². The lowest BCUT2D eigenvalue weighted by atomic mass is 10.2. The van der Waals surface area contributed by atoms with Gasteiger partial charge in [-0.25, -0.2) is 15.0 Å². The van der Waals surface area contributed by atoms with Crippen LogP contribution in [0.2, 0.25) is 5.02 Å². The van der Waals surface area contributed by atoms with Crippen LogP contribution in [0.5, 0.6) is 0 Å². The van der Waals surface area contributed by atoms with Crippen LogP contribution < -0.4 is 5.32 Å². The first-order valence-electron chi connectivity index (χ1n) is 6.02. The first kappa shape index (κ1) is 12.6. The summed E-state index contributed by atoms with van der Waals surface area (Å²) < 4.78 is 5.75. The van der Waals surface area contributed by atoms with Crippen molar-refractivity contribution in [2.75, 3.05) is 5.32 Å². The summed E-state index contributed by atoms with van der Waals surface area (Å²) in [5.74, 6) is 2.08. The molecule has 0 fully saturated rings. The maximum atomic E-state index is 5.97. The van der Waals surface area contributed by atoms with E-state index in [1.54, 1.807) is 0 Å². The van der Waals surface area contributed by atoms with Crippen LogP contribution in [0.25, 0.3) is 11.3 Å². The van der Waals surface area contributed by atoms with Crippen LogP contribution in [0.15, 0.2) is 53.5 Å². The molecular formula is C14H11ClN4O. The summed E-state index contributed by atoms with van der Waals surface area (Å²) in [5.41, 5.74) is 0.948. The molecule has 0 saturated heterocycles. The van der Waals surface area contributed by atoms with Crippen molar-refractivity contribution in [3.05, 3.63) is 59.8 Å². The summed E-state index contributed by atoms with van der Waals surface area (Å²) in [4.78, 5) is 11.7. The average molecular weight is 287 g/mol. The Kier molecular flexibility index (Phi) is 3.60. The molecule has 2 heterocycles. The van der Waals surface area contributed by atoms with Gasteiger partial charge in [-0.1, -0.05) is 23.7 Å². The second kappa shape index (κ2) is 5.71.